The van der Waals surface area contributed by atoms with E-state index in [0.29, 0.717) is 19.8 Å². The van der Waals surface area contributed by atoms with Gasteiger partial charge in [0.2, 0.25) is 0 Å². The molecule has 0 bridgehead atoms. The van der Waals surface area contributed by atoms with E-state index in [0.717, 1.165) is 5.75 Å². The molecule has 1 aromatic carbocycles. The molecule has 3 N–H and O–H groups in total. The minimum atomic E-state index is -0.304. The van der Waals surface area contributed by atoms with Gasteiger partial charge >= 0.3 is 0 Å². The molecule has 0 heterocycles. The third-order valence-electron chi connectivity index (χ3n) is 1.81. The molecule has 0 aliphatic rings. The fourth-order valence-corrected chi connectivity index (χ4v) is 1.02. The Morgan fingerprint density at radius 2 is 1.93 bits per heavy atom. The van der Waals surface area contributed by atoms with E-state index in [1.165, 1.54) is 0 Å². The molecule has 1 unspecified atom stereocenters. The fraction of sp³-hybridized carbons (Fsp3) is 0.455. The lowest BCUT2D eigenvalue weighted by Crippen LogP contribution is -2.30. The van der Waals surface area contributed by atoms with Crippen molar-refractivity contribution in [3.63, 3.8) is 0 Å². The summed E-state index contributed by atoms with van der Waals surface area (Å²) in [5.41, 5.74) is 5.45. The van der Waals surface area contributed by atoms with E-state index in [4.69, 9.17) is 20.3 Å². The monoisotopic (exact) mass is 211 g/mol. The van der Waals surface area contributed by atoms with E-state index in [1.807, 2.05) is 30.3 Å². The molecule has 4 nitrogen and oxygen atoms in total. The van der Waals surface area contributed by atoms with E-state index < -0.39 is 0 Å². The van der Waals surface area contributed by atoms with Gasteiger partial charge in [0.05, 0.1) is 25.9 Å². The van der Waals surface area contributed by atoms with Gasteiger partial charge in [0.25, 0.3) is 0 Å². The second-order valence-corrected chi connectivity index (χ2v) is 3.18. The Morgan fingerprint density at radius 3 is 2.60 bits per heavy atom. The van der Waals surface area contributed by atoms with E-state index >= 15 is 0 Å². The van der Waals surface area contributed by atoms with Crippen LogP contribution in [0.5, 0.6) is 5.75 Å². The van der Waals surface area contributed by atoms with Crippen LogP contribution in [-0.2, 0) is 4.74 Å². The summed E-state index contributed by atoms with van der Waals surface area (Å²) in [5.74, 6) is 0.826. The van der Waals surface area contributed by atoms with Crippen LogP contribution >= 0.6 is 0 Å². The van der Waals surface area contributed by atoms with Crippen molar-refractivity contribution >= 4 is 0 Å². The Hall–Kier alpha value is -1.10. The van der Waals surface area contributed by atoms with Crippen LogP contribution in [0.4, 0.5) is 0 Å². The predicted octanol–water partition coefficient (Wildman–Crippen LogP) is 0.402. The smallest absolute Gasteiger partial charge is 0.119 e. The third-order valence-corrected chi connectivity index (χ3v) is 1.81. The molecular weight excluding hydrogens is 194 g/mol. The Morgan fingerprint density at radius 1 is 1.20 bits per heavy atom. The van der Waals surface area contributed by atoms with Crippen molar-refractivity contribution in [3.8, 4) is 5.75 Å². The van der Waals surface area contributed by atoms with Gasteiger partial charge in [-0.25, -0.2) is 0 Å². The van der Waals surface area contributed by atoms with Crippen LogP contribution in [0.15, 0.2) is 30.3 Å². The summed E-state index contributed by atoms with van der Waals surface area (Å²) < 4.78 is 10.6. The molecule has 4 heteroatoms. The SMILES string of the molecule is NC(CO)COCCOc1ccccc1. The second-order valence-electron chi connectivity index (χ2n) is 3.18. The summed E-state index contributed by atoms with van der Waals surface area (Å²) in [6, 6.07) is 9.24. The molecule has 1 aromatic rings. The minimum Gasteiger partial charge on any atom is -0.491 e. The lowest BCUT2D eigenvalue weighted by atomic mass is 10.3. The number of rotatable bonds is 7. The summed E-state index contributed by atoms with van der Waals surface area (Å²) in [7, 11) is 0. The van der Waals surface area contributed by atoms with Crippen molar-refractivity contribution in [2.24, 2.45) is 5.73 Å². The molecule has 0 fully saturated rings. The molecule has 0 saturated carbocycles. The molecule has 1 atom stereocenters. The number of hydrogen-bond donors (Lipinski definition) is 2. The number of hydrogen-bond acceptors (Lipinski definition) is 4. The van der Waals surface area contributed by atoms with Crippen LogP contribution in [0.1, 0.15) is 0 Å². The number of aliphatic hydroxyl groups is 1. The first-order chi connectivity index (χ1) is 7.33. The van der Waals surface area contributed by atoms with Crippen LogP contribution < -0.4 is 10.5 Å². The number of aliphatic hydroxyl groups excluding tert-OH is 1. The predicted molar refractivity (Wildman–Crippen MR) is 57.8 cm³/mol. The van der Waals surface area contributed by atoms with E-state index in [-0.39, 0.29) is 12.6 Å². The van der Waals surface area contributed by atoms with Gasteiger partial charge in [0.15, 0.2) is 0 Å². The zero-order chi connectivity index (χ0) is 10.9. The Labute approximate surface area is 89.6 Å². The highest BCUT2D eigenvalue weighted by Gasteiger charge is 1.99. The van der Waals surface area contributed by atoms with Gasteiger partial charge in [-0.3, -0.25) is 0 Å². The van der Waals surface area contributed by atoms with E-state index in [2.05, 4.69) is 0 Å². The summed E-state index contributed by atoms with van der Waals surface area (Å²) >= 11 is 0. The summed E-state index contributed by atoms with van der Waals surface area (Å²) in [6.45, 7) is 1.26. The normalized spacial score (nSPS) is 12.4. The first-order valence-corrected chi connectivity index (χ1v) is 4.95. The second kappa shape index (κ2) is 7.23. The van der Waals surface area contributed by atoms with Gasteiger partial charge < -0.3 is 20.3 Å². The van der Waals surface area contributed by atoms with E-state index in [9.17, 15) is 0 Å². The van der Waals surface area contributed by atoms with Crippen molar-refractivity contribution in [2.75, 3.05) is 26.4 Å². The minimum absolute atomic E-state index is 0.0560. The maximum Gasteiger partial charge on any atom is 0.119 e. The van der Waals surface area contributed by atoms with Crippen molar-refractivity contribution in [3.05, 3.63) is 30.3 Å². The summed E-state index contributed by atoms with van der Waals surface area (Å²) in [5, 5.41) is 8.63. The zero-order valence-corrected chi connectivity index (χ0v) is 8.63. The zero-order valence-electron chi connectivity index (χ0n) is 8.63. The highest BCUT2D eigenvalue weighted by atomic mass is 16.5. The third kappa shape index (κ3) is 5.37. The number of benzene rings is 1. The van der Waals surface area contributed by atoms with Crippen molar-refractivity contribution in [1.29, 1.82) is 0 Å². The van der Waals surface area contributed by atoms with Gasteiger partial charge in [-0.15, -0.1) is 0 Å². The maximum absolute atomic E-state index is 8.63. The van der Waals surface area contributed by atoms with E-state index in [1.54, 1.807) is 0 Å². The molecule has 1 rings (SSSR count). The molecule has 0 saturated heterocycles. The van der Waals surface area contributed by atoms with Crippen molar-refractivity contribution in [2.45, 2.75) is 6.04 Å². The van der Waals surface area contributed by atoms with Gasteiger partial charge in [-0.1, -0.05) is 18.2 Å². The van der Waals surface area contributed by atoms with Crippen LogP contribution in [0.3, 0.4) is 0 Å². The molecule has 84 valence electrons. The highest BCUT2D eigenvalue weighted by Crippen LogP contribution is 2.07. The van der Waals surface area contributed by atoms with Gasteiger partial charge in [0.1, 0.15) is 12.4 Å². The fourth-order valence-electron chi connectivity index (χ4n) is 1.02. The first-order valence-electron chi connectivity index (χ1n) is 4.95. The van der Waals surface area contributed by atoms with Gasteiger partial charge in [-0.2, -0.15) is 0 Å². The van der Waals surface area contributed by atoms with Crippen LogP contribution in [0, 0.1) is 0 Å². The maximum atomic E-state index is 8.63. The molecule has 0 radical (unpaired) electrons. The Kier molecular flexibility index (Phi) is 5.77. The molecule has 0 aromatic heterocycles. The summed E-state index contributed by atoms with van der Waals surface area (Å²) in [4.78, 5) is 0. The number of nitrogens with two attached hydrogens (primary N) is 1. The molecule has 0 aliphatic carbocycles. The highest BCUT2D eigenvalue weighted by molar-refractivity contribution is 5.20. The average Bonchev–Trinajstić information content (AvgIpc) is 2.29. The lowest BCUT2D eigenvalue weighted by Gasteiger charge is -2.09. The van der Waals surface area contributed by atoms with Crippen LogP contribution in [0.2, 0.25) is 0 Å². The largest absolute Gasteiger partial charge is 0.491 e. The first kappa shape index (κ1) is 12.0. The molecule has 0 aliphatic heterocycles. The Balaban J connectivity index is 2.03. The van der Waals surface area contributed by atoms with Gasteiger partial charge in [-0.05, 0) is 12.1 Å². The molecule has 0 amide bonds. The molecule has 15 heavy (non-hydrogen) atoms. The van der Waals surface area contributed by atoms with Gasteiger partial charge in [0, 0.05) is 0 Å². The lowest BCUT2D eigenvalue weighted by molar-refractivity contribution is 0.0772. The van der Waals surface area contributed by atoms with Crippen molar-refractivity contribution in [1.82, 2.24) is 0 Å². The van der Waals surface area contributed by atoms with Crippen LogP contribution in [-0.4, -0.2) is 37.6 Å². The molecule has 0 spiro atoms. The quantitative estimate of drug-likeness (QED) is 0.641. The average molecular weight is 211 g/mol. The number of para-hydroxylation sites is 1. The topological polar surface area (TPSA) is 64.7 Å². The summed E-state index contributed by atoms with van der Waals surface area (Å²) in [6.07, 6.45) is 0. The Bertz CT molecular complexity index is 253. The molecular formula is C11H17NO3. The van der Waals surface area contributed by atoms with Crippen molar-refractivity contribution < 1.29 is 14.6 Å². The van der Waals surface area contributed by atoms with Crippen LogP contribution in [0.25, 0.3) is 0 Å². The standard InChI is InChI=1S/C11H17NO3/c12-10(8-13)9-14-6-7-15-11-4-2-1-3-5-11/h1-5,10,13H,6-9,12H2. The number of ether oxygens (including phenoxy) is 2.